The molecule has 0 saturated heterocycles. The third kappa shape index (κ3) is 2.39. The number of fused-ring (bicyclic) bond motifs is 1. The highest BCUT2D eigenvalue weighted by atomic mass is 32.1. The number of thiazole rings is 1. The van der Waals surface area contributed by atoms with E-state index in [0.29, 0.717) is 12.2 Å². The second-order valence-corrected chi connectivity index (χ2v) is 6.83. The summed E-state index contributed by atoms with van der Waals surface area (Å²) in [7, 11) is 0. The summed E-state index contributed by atoms with van der Waals surface area (Å²) in [6, 6.07) is 2.27. The Labute approximate surface area is 126 Å². The number of aromatic nitrogens is 1. The van der Waals surface area contributed by atoms with Crippen LogP contribution in [0, 0.1) is 0 Å². The first-order valence-corrected chi connectivity index (χ1v) is 8.48. The molecule has 0 saturated carbocycles. The average Bonchev–Trinajstić information content (AvgIpc) is 3.08. The van der Waals surface area contributed by atoms with E-state index < -0.39 is 0 Å². The molecule has 2 aromatic heterocycles. The Balaban J connectivity index is 1.80. The molecule has 0 aliphatic carbocycles. The first-order valence-electron chi connectivity index (χ1n) is 6.72. The van der Waals surface area contributed by atoms with Gasteiger partial charge in [0.25, 0.3) is 5.91 Å². The molecule has 1 atom stereocenters. The molecular formula is C14H17N3OS2. The van der Waals surface area contributed by atoms with Gasteiger partial charge in [-0.2, -0.15) is 0 Å². The Morgan fingerprint density at radius 2 is 2.40 bits per heavy atom. The van der Waals surface area contributed by atoms with Gasteiger partial charge in [0.1, 0.15) is 5.69 Å². The van der Waals surface area contributed by atoms with E-state index in [0.717, 1.165) is 24.4 Å². The maximum atomic E-state index is 12.6. The summed E-state index contributed by atoms with van der Waals surface area (Å²) in [6.07, 6.45) is 1.69. The first-order chi connectivity index (χ1) is 9.70. The van der Waals surface area contributed by atoms with Gasteiger partial charge in [-0.25, -0.2) is 4.98 Å². The van der Waals surface area contributed by atoms with Crippen LogP contribution in [-0.2, 0) is 12.8 Å². The topological polar surface area (TPSA) is 59.2 Å². The smallest absolute Gasteiger partial charge is 0.273 e. The molecule has 4 nitrogen and oxygen atoms in total. The van der Waals surface area contributed by atoms with Crippen LogP contribution in [0.1, 0.15) is 38.9 Å². The summed E-state index contributed by atoms with van der Waals surface area (Å²) >= 11 is 3.30. The van der Waals surface area contributed by atoms with Crippen molar-refractivity contribution in [2.24, 2.45) is 5.73 Å². The van der Waals surface area contributed by atoms with Crippen molar-refractivity contribution in [3.63, 3.8) is 0 Å². The molecule has 1 aliphatic rings. The Morgan fingerprint density at radius 1 is 1.55 bits per heavy atom. The third-order valence-corrected chi connectivity index (χ3v) is 5.57. The maximum absolute atomic E-state index is 12.6. The Kier molecular flexibility index (Phi) is 3.87. The van der Waals surface area contributed by atoms with E-state index in [1.54, 1.807) is 11.3 Å². The van der Waals surface area contributed by atoms with Crippen molar-refractivity contribution in [1.29, 1.82) is 0 Å². The van der Waals surface area contributed by atoms with E-state index >= 15 is 0 Å². The van der Waals surface area contributed by atoms with Gasteiger partial charge in [0.05, 0.1) is 11.0 Å². The standard InChI is InChI=1S/C14H17N3OS2/c1-9-10-4-7-19-12(10)3-6-17(9)14(18)11-8-20-13(16-11)2-5-15/h4,7-9H,2-3,5-6,15H2,1H3. The second kappa shape index (κ2) is 5.63. The molecule has 106 valence electrons. The monoisotopic (exact) mass is 307 g/mol. The Hall–Kier alpha value is -1.24. The van der Waals surface area contributed by atoms with Crippen LogP contribution in [0.3, 0.4) is 0 Å². The number of hydrogen-bond donors (Lipinski definition) is 1. The molecule has 1 unspecified atom stereocenters. The van der Waals surface area contributed by atoms with Gasteiger partial charge in [0.2, 0.25) is 0 Å². The van der Waals surface area contributed by atoms with Crippen molar-refractivity contribution < 1.29 is 4.79 Å². The van der Waals surface area contributed by atoms with Crippen LogP contribution in [0.5, 0.6) is 0 Å². The lowest BCUT2D eigenvalue weighted by atomic mass is 10.0. The minimum atomic E-state index is 0.0360. The SMILES string of the molecule is CC1c2ccsc2CCN1C(=O)c1csc(CCN)n1. The van der Waals surface area contributed by atoms with E-state index in [9.17, 15) is 4.79 Å². The van der Waals surface area contributed by atoms with Gasteiger partial charge >= 0.3 is 0 Å². The Morgan fingerprint density at radius 3 is 3.20 bits per heavy atom. The molecule has 20 heavy (non-hydrogen) atoms. The number of rotatable bonds is 3. The van der Waals surface area contributed by atoms with Crippen LogP contribution in [0.4, 0.5) is 0 Å². The van der Waals surface area contributed by atoms with Gasteiger partial charge < -0.3 is 10.6 Å². The average molecular weight is 307 g/mol. The normalized spacial score (nSPS) is 18.1. The highest BCUT2D eigenvalue weighted by molar-refractivity contribution is 7.10. The molecule has 1 aliphatic heterocycles. The zero-order valence-corrected chi connectivity index (χ0v) is 13.0. The molecule has 0 bridgehead atoms. The molecule has 0 radical (unpaired) electrons. The van der Waals surface area contributed by atoms with Crippen LogP contribution in [-0.4, -0.2) is 28.9 Å². The molecule has 2 N–H and O–H groups in total. The predicted octanol–water partition coefficient (Wildman–Crippen LogP) is 2.47. The molecule has 3 rings (SSSR count). The predicted molar refractivity (Wildman–Crippen MR) is 82.3 cm³/mol. The van der Waals surface area contributed by atoms with E-state index in [-0.39, 0.29) is 11.9 Å². The second-order valence-electron chi connectivity index (χ2n) is 4.89. The lowest BCUT2D eigenvalue weighted by molar-refractivity contribution is 0.0674. The third-order valence-electron chi connectivity index (χ3n) is 3.67. The zero-order chi connectivity index (χ0) is 14.1. The minimum absolute atomic E-state index is 0.0360. The van der Waals surface area contributed by atoms with Crippen molar-refractivity contribution >= 4 is 28.6 Å². The largest absolute Gasteiger partial charge is 0.330 e. The quantitative estimate of drug-likeness (QED) is 0.947. The summed E-state index contributed by atoms with van der Waals surface area (Å²) in [5.41, 5.74) is 7.37. The van der Waals surface area contributed by atoms with E-state index in [1.165, 1.54) is 21.8 Å². The zero-order valence-electron chi connectivity index (χ0n) is 11.3. The van der Waals surface area contributed by atoms with Gasteiger partial charge in [-0.05, 0) is 36.9 Å². The summed E-state index contributed by atoms with van der Waals surface area (Å²) < 4.78 is 0. The fourth-order valence-electron chi connectivity index (χ4n) is 2.58. The number of carbonyl (C=O) groups is 1. The van der Waals surface area contributed by atoms with E-state index in [2.05, 4.69) is 23.4 Å². The summed E-state index contributed by atoms with van der Waals surface area (Å²) in [4.78, 5) is 20.3. The molecule has 6 heteroatoms. The highest BCUT2D eigenvalue weighted by Crippen LogP contribution is 2.33. The number of amides is 1. The summed E-state index contributed by atoms with van der Waals surface area (Å²) in [5, 5.41) is 4.90. The van der Waals surface area contributed by atoms with E-state index in [1.807, 2.05) is 10.3 Å². The molecule has 2 aromatic rings. The lowest BCUT2D eigenvalue weighted by Crippen LogP contribution is -2.38. The number of nitrogens with two attached hydrogens (primary N) is 1. The number of carbonyl (C=O) groups excluding carboxylic acids is 1. The number of thiophene rings is 1. The van der Waals surface area contributed by atoms with Crippen molar-refractivity contribution in [2.45, 2.75) is 25.8 Å². The van der Waals surface area contributed by atoms with Crippen molar-refractivity contribution in [2.75, 3.05) is 13.1 Å². The minimum Gasteiger partial charge on any atom is -0.330 e. The van der Waals surface area contributed by atoms with Crippen LogP contribution in [0.2, 0.25) is 0 Å². The van der Waals surface area contributed by atoms with Gasteiger partial charge in [-0.1, -0.05) is 0 Å². The van der Waals surface area contributed by atoms with Crippen LogP contribution >= 0.6 is 22.7 Å². The van der Waals surface area contributed by atoms with E-state index in [4.69, 9.17) is 5.73 Å². The summed E-state index contributed by atoms with van der Waals surface area (Å²) in [5.74, 6) is 0.0360. The van der Waals surface area contributed by atoms with Gasteiger partial charge in [-0.15, -0.1) is 22.7 Å². The van der Waals surface area contributed by atoms with Gasteiger partial charge in [-0.3, -0.25) is 4.79 Å². The number of nitrogens with zero attached hydrogens (tertiary/aromatic N) is 2. The first kappa shape index (κ1) is 13.7. The maximum Gasteiger partial charge on any atom is 0.273 e. The lowest BCUT2D eigenvalue weighted by Gasteiger charge is -2.33. The van der Waals surface area contributed by atoms with Crippen LogP contribution in [0.15, 0.2) is 16.8 Å². The van der Waals surface area contributed by atoms with Crippen LogP contribution < -0.4 is 5.73 Å². The Bertz CT molecular complexity index is 619. The van der Waals surface area contributed by atoms with Gasteiger partial charge in [0.15, 0.2) is 0 Å². The fourth-order valence-corrected chi connectivity index (χ4v) is 4.33. The van der Waals surface area contributed by atoms with Gasteiger partial charge in [0, 0.05) is 23.2 Å². The molecule has 0 aromatic carbocycles. The summed E-state index contributed by atoms with van der Waals surface area (Å²) in [6.45, 7) is 3.44. The van der Waals surface area contributed by atoms with Crippen molar-refractivity contribution in [3.05, 3.63) is 38.0 Å². The molecule has 0 fully saturated rings. The van der Waals surface area contributed by atoms with Crippen molar-refractivity contribution in [3.8, 4) is 0 Å². The van der Waals surface area contributed by atoms with Crippen LogP contribution in [0.25, 0.3) is 0 Å². The molecule has 1 amide bonds. The number of hydrogen-bond acceptors (Lipinski definition) is 5. The molecular weight excluding hydrogens is 290 g/mol. The molecule has 3 heterocycles. The highest BCUT2D eigenvalue weighted by Gasteiger charge is 2.29. The van der Waals surface area contributed by atoms with Crippen molar-refractivity contribution in [1.82, 2.24) is 9.88 Å². The fraction of sp³-hybridized carbons (Fsp3) is 0.429. The molecule has 0 spiro atoms.